The highest BCUT2D eigenvalue weighted by molar-refractivity contribution is 6.31. The van der Waals surface area contributed by atoms with Crippen LogP contribution in [0.1, 0.15) is 18.4 Å². The van der Waals surface area contributed by atoms with Gasteiger partial charge in [-0.3, -0.25) is 4.79 Å². The minimum atomic E-state index is -0.909. The van der Waals surface area contributed by atoms with Crippen molar-refractivity contribution in [3.8, 4) is 5.88 Å². The van der Waals surface area contributed by atoms with E-state index in [0.717, 1.165) is 0 Å². The molecule has 0 aromatic carbocycles. The van der Waals surface area contributed by atoms with E-state index in [-0.39, 0.29) is 0 Å². The zero-order valence-electron chi connectivity index (χ0n) is 7.82. The molecule has 0 aliphatic heterocycles. The molecule has 5 heteroatoms. The molecule has 0 radical (unpaired) electrons. The first-order valence-corrected chi connectivity index (χ1v) is 4.36. The van der Waals surface area contributed by atoms with Crippen molar-refractivity contribution in [2.24, 2.45) is 0 Å². The van der Waals surface area contributed by atoms with Crippen molar-refractivity contribution in [1.29, 1.82) is 0 Å². The fraction of sp³-hybridized carbons (Fsp3) is 0.333. The molecule has 1 aromatic heterocycles. The molecule has 0 amide bonds. The van der Waals surface area contributed by atoms with Crippen LogP contribution in [0.15, 0.2) is 12.3 Å². The molecule has 1 unspecified atom stereocenters. The monoisotopic (exact) mass is 215 g/mol. The molecule has 0 bridgehead atoms. The van der Waals surface area contributed by atoms with Gasteiger partial charge in [0.15, 0.2) is 0 Å². The molecule has 4 nitrogen and oxygen atoms in total. The van der Waals surface area contributed by atoms with Crippen LogP contribution in [-0.2, 0) is 4.79 Å². The Morgan fingerprint density at radius 3 is 2.79 bits per heavy atom. The quantitative estimate of drug-likeness (QED) is 0.837. The maximum Gasteiger partial charge on any atom is 0.310 e. The van der Waals surface area contributed by atoms with Gasteiger partial charge in [0.25, 0.3) is 0 Å². The molecule has 1 rings (SSSR count). The first-order chi connectivity index (χ1) is 6.56. The summed E-state index contributed by atoms with van der Waals surface area (Å²) in [4.78, 5) is 14.5. The van der Waals surface area contributed by atoms with E-state index in [4.69, 9.17) is 21.4 Å². The number of ether oxygens (including phenoxy) is 1. The van der Waals surface area contributed by atoms with E-state index < -0.39 is 11.9 Å². The molecular formula is C9H10ClNO3. The van der Waals surface area contributed by atoms with Crippen LogP contribution in [-0.4, -0.2) is 23.2 Å². The van der Waals surface area contributed by atoms with Gasteiger partial charge >= 0.3 is 5.97 Å². The lowest BCUT2D eigenvalue weighted by atomic mass is 10.0. The molecular weight excluding hydrogens is 206 g/mol. The van der Waals surface area contributed by atoms with Crippen LogP contribution in [0.4, 0.5) is 0 Å². The minimum absolute atomic E-state index is 0.299. The van der Waals surface area contributed by atoms with Crippen LogP contribution in [0.2, 0.25) is 5.02 Å². The van der Waals surface area contributed by atoms with Gasteiger partial charge in [-0.1, -0.05) is 11.6 Å². The van der Waals surface area contributed by atoms with Crippen molar-refractivity contribution < 1.29 is 14.6 Å². The molecule has 1 N–H and O–H groups in total. The summed E-state index contributed by atoms with van der Waals surface area (Å²) in [5.41, 5.74) is 0.559. The van der Waals surface area contributed by atoms with Crippen LogP contribution in [0.5, 0.6) is 5.88 Å². The Balaban J connectivity index is 3.02. The lowest BCUT2D eigenvalue weighted by Gasteiger charge is -2.07. The number of hydrogen-bond donors (Lipinski definition) is 1. The number of nitrogens with zero attached hydrogens (tertiary/aromatic N) is 1. The van der Waals surface area contributed by atoms with E-state index >= 15 is 0 Å². The SMILES string of the molecule is COc1ncc(C(C)C(=O)O)cc1Cl. The largest absolute Gasteiger partial charge is 0.481 e. The molecule has 1 atom stereocenters. The molecule has 1 heterocycles. The topological polar surface area (TPSA) is 59.4 Å². The van der Waals surface area contributed by atoms with Crippen molar-refractivity contribution in [1.82, 2.24) is 4.98 Å². The molecule has 0 aliphatic rings. The number of methoxy groups -OCH3 is 1. The van der Waals surface area contributed by atoms with Gasteiger partial charge in [0.1, 0.15) is 5.02 Å². The number of aromatic nitrogens is 1. The first-order valence-electron chi connectivity index (χ1n) is 3.98. The first kappa shape index (κ1) is 10.8. The highest BCUT2D eigenvalue weighted by Gasteiger charge is 2.15. The molecule has 0 saturated heterocycles. The number of pyridine rings is 1. The van der Waals surface area contributed by atoms with E-state index in [2.05, 4.69) is 4.98 Å². The van der Waals surface area contributed by atoms with Gasteiger partial charge in [-0.05, 0) is 18.6 Å². The lowest BCUT2D eigenvalue weighted by Crippen LogP contribution is -2.07. The zero-order chi connectivity index (χ0) is 10.7. The van der Waals surface area contributed by atoms with Crippen molar-refractivity contribution in [3.63, 3.8) is 0 Å². The van der Waals surface area contributed by atoms with Crippen LogP contribution in [0, 0.1) is 0 Å². The van der Waals surface area contributed by atoms with Crippen LogP contribution in [0.3, 0.4) is 0 Å². The maximum atomic E-state index is 10.7. The summed E-state index contributed by atoms with van der Waals surface area (Å²) in [7, 11) is 1.45. The second kappa shape index (κ2) is 4.28. The fourth-order valence-electron chi connectivity index (χ4n) is 0.970. The third kappa shape index (κ3) is 2.14. The predicted molar refractivity (Wildman–Crippen MR) is 51.8 cm³/mol. The second-order valence-corrected chi connectivity index (χ2v) is 3.23. The summed E-state index contributed by atoms with van der Waals surface area (Å²) >= 11 is 5.80. The Morgan fingerprint density at radius 1 is 1.71 bits per heavy atom. The normalized spacial score (nSPS) is 12.2. The lowest BCUT2D eigenvalue weighted by molar-refractivity contribution is -0.138. The third-order valence-electron chi connectivity index (χ3n) is 1.89. The molecule has 0 spiro atoms. The highest BCUT2D eigenvalue weighted by Crippen LogP contribution is 2.25. The number of carboxylic acids is 1. The van der Waals surface area contributed by atoms with E-state index in [9.17, 15) is 4.79 Å². The highest BCUT2D eigenvalue weighted by atomic mass is 35.5. The average Bonchev–Trinajstić information content (AvgIpc) is 2.16. The van der Waals surface area contributed by atoms with Gasteiger partial charge in [0.05, 0.1) is 13.0 Å². The van der Waals surface area contributed by atoms with Gasteiger partial charge in [0.2, 0.25) is 5.88 Å². The zero-order valence-corrected chi connectivity index (χ0v) is 8.58. The summed E-state index contributed by atoms with van der Waals surface area (Å²) in [5.74, 6) is -1.23. The van der Waals surface area contributed by atoms with Crippen molar-refractivity contribution in [2.75, 3.05) is 7.11 Å². The van der Waals surface area contributed by atoms with Gasteiger partial charge in [-0.2, -0.15) is 0 Å². The number of hydrogen-bond acceptors (Lipinski definition) is 3. The van der Waals surface area contributed by atoms with Crippen LogP contribution < -0.4 is 4.74 Å². The van der Waals surface area contributed by atoms with E-state index in [1.807, 2.05) is 0 Å². The summed E-state index contributed by atoms with van der Waals surface area (Å²) in [5, 5.41) is 9.07. The Morgan fingerprint density at radius 2 is 2.36 bits per heavy atom. The Labute approximate surface area is 86.5 Å². The molecule has 0 fully saturated rings. The van der Waals surface area contributed by atoms with Gasteiger partial charge in [-0.25, -0.2) is 4.98 Å². The van der Waals surface area contributed by atoms with E-state index in [0.29, 0.717) is 16.5 Å². The van der Waals surface area contributed by atoms with Crippen molar-refractivity contribution in [3.05, 3.63) is 22.8 Å². The van der Waals surface area contributed by atoms with Gasteiger partial charge < -0.3 is 9.84 Å². The second-order valence-electron chi connectivity index (χ2n) is 2.82. The smallest absolute Gasteiger partial charge is 0.310 e. The molecule has 0 aliphatic carbocycles. The third-order valence-corrected chi connectivity index (χ3v) is 2.16. The fourth-order valence-corrected chi connectivity index (χ4v) is 1.22. The number of carbonyl (C=O) groups is 1. The van der Waals surface area contributed by atoms with E-state index in [1.54, 1.807) is 13.0 Å². The number of halogens is 1. The molecule has 14 heavy (non-hydrogen) atoms. The number of rotatable bonds is 3. The summed E-state index contributed by atoms with van der Waals surface area (Å²) in [6, 6.07) is 1.55. The van der Waals surface area contributed by atoms with Crippen molar-refractivity contribution in [2.45, 2.75) is 12.8 Å². The Bertz CT molecular complexity index is 354. The Kier molecular flexibility index (Phi) is 3.30. The minimum Gasteiger partial charge on any atom is -0.481 e. The van der Waals surface area contributed by atoms with Crippen molar-refractivity contribution >= 4 is 17.6 Å². The molecule has 76 valence electrons. The van der Waals surface area contributed by atoms with E-state index in [1.165, 1.54) is 13.3 Å². The number of carboxylic acid groups (broad SMARTS) is 1. The van der Waals surface area contributed by atoms with Crippen LogP contribution in [0.25, 0.3) is 0 Å². The number of aliphatic carboxylic acids is 1. The standard InChI is InChI=1S/C9H10ClNO3/c1-5(9(12)13)6-3-7(10)8(14-2)11-4-6/h3-5H,1-2H3,(H,12,13). The maximum absolute atomic E-state index is 10.7. The summed E-state index contributed by atoms with van der Waals surface area (Å²) < 4.78 is 4.85. The average molecular weight is 216 g/mol. The van der Waals surface area contributed by atoms with Gasteiger partial charge in [0, 0.05) is 6.20 Å². The van der Waals surface area contributed by atoms with Gasteiger partial charge in [-0.15, -0.1) is 0 Å². The molecule has 1 aromatic rings. The summed E-state index contributed by atoms with van der Waals surface area (Å²) in [6.45, 7) is 1.57. The van der Waals surface area contributed by atoms with Crippen LogP contribution >= 0.6 is 11.6 Å². The predicted octanol–water partition coefficient (Wildman–Crippen LogP) is 1.93. The Hall–Kier alpha value is -1.29. The molecule has 0 saturated carbocycles. The summed E-state index contributed by atoms with van der Waals surface area (Å²) in [6.07, 6.45) is 1.45.